The molecule has 0 radical (unpaired) electrons. The third kappa shape index (κ3) is 2.66. The van der Waals surface area contributed by atoms with Gasteiger partial charge in [-0.25, -0.2) is 4.98 Å². The molecular formula is C13H14N6O. The number of hydrogen-bond acceptors (Lipinski definition) is 6. The van der Waals surface area contributed by atoms with Crippen LogP contribution in [0.3, 0.4) is 0 Å². The van der Waals surface area contributed by atoms with Gasteiger partial charge in [-0.15, -0.1) is 0 Å². The maximum absolute atomic E-state index is 5.17. The average molecular weight is 270 g/mol. The van der Waals surface area contributed by atoms with E-state index in [9.17, 15) is 0 Å². The molecule has 0 amide bonds. The van der Waals surface area contributed by atoms with Crippen molar-refractivity contribution >= 4 is 5.69 Å². The summed E-state index contributed by atoms with van der Waals surface area (Å²) in [5.41, 5.74) is 2.32. The average Bonchev–Trinajstić information content (AvgIpc) is 3.11. The van der Waals surface area contributed by atoms with Crippen molar-refractivity contribution in [3.05, 3.63) is 42.0 Å². The van der Waals surface area contributed by atoms with Crippen LogP contribution in [0, 0.1) is 6.92 Å². The van der Waals surface area contributed by atoms with Crippen LogP contribution in [0.5, 0.6) is 0 Å². The van der Waals surface area contributed by atoms with Crippen LogP contribution < -0.4 is 5.32 Å². The standard InChI is InChI=1S/C13H14N6O/c1-9-4-2-3-5-10(9)14-7-6-11-17-13(19-20-11)12-15-8-16-18-12/h2-5,8,14H,6-7H2,1H3,(H,15,16,18). The molecule has 7 nitrogen and oxygen atoms in total. The molecule has 0 spiro atoms. The number of nitrogens with zero attached hydrogens (tertiary/aromatic N) is 4. The number of hydrogen-bond donors (Lipinski definition) is 2. The fourth-order valence-corrected chi connectivity index (χ4v) is 1.84. The van der Waals surface area contributed by atoms with E-state index < -0.39 is 0 Å². The molecule has 0 fully saturated rings. The molecule has 0 saturated heterocycles. The van der Waals surface area contributed by atoms with Gasteiger partial charge in [0.1, 0.15) is 6.33 Å². The van der Waals surface area contributed by atoms with E-state index in [4.69, 9.17) is 4.52 Å². The number of aromatic amines is 1. The van der Waals surface area contributed by atoms with Crippen molar-refractivity contribution in [1.29, 1.82) is 0 Å². The van der Waals surface area contributed by atoms with E-state index in [2.05, 4.69) is 43.6 Å². The van der Waals surface area contributed by atoms with Gasteiger partial charge in [0.05, 0.1) is 0 Å². The molecular weight excluding hydrogens is 256 g/mol. The Labute approximate surface area is 115 Å². The molecule has 3 aromatic rings. The number of para-hydroxylation sites is 1. The summed E-state index contributed by atoms with van der Waals surface area (Å²) in [7, 11) is 0. The zero-order valence-corrected chi connectivity index (χ0v) is 11.0. The van der Waals surface area contributed by atoms with Crippen LogP contribution >= 0.6 is 0 Å². The van der Waals surface area contributed by atoms with Gasteiger partial charge in [-0.3, -0.25) is 5.10 Å². The van der Waals surface area contributed by atoms with Crippen LogP contribution in [0.2, 0.25) is 0 Å². The topological polar surface area (TPSA) is 92.5 Å². The van der Waals surface area contributed by atoms with Crippen molar-refractivity contribution in [1.82, 2.24) is 25.3 Å². The summed E-state index contributed by atoms with van der Waals surface area (Å²) in [6.07, 6.45) is 2.06. The van der Waals surface area contributed by atoms with E-state index in [-0.39, 0.29) is 0 Å². The Bertz CT molecular complexity index is 676. The molecule has 0 aliphatic heterocycles. The van der Waals surface area contributed by atoms with Crippen LogP contribution in [0.25, 0.3) is 11.6 Å². The number of aryl methyl sites for hydroxylation is 1. The highest BCUT2D eigenvalue weighted by Crippen LogP contribution is 2.13. The van der Waals surface area contributed by atoms with E-state index in [1.54, 1.807) is 0 Å². The third-order valence-corrected chi connectivity index (χ3v) is 2.89. The van der Waals surface area contributed by atoms with Gasteiger partial charge < -0.3 is 9.84 Å². The predicted molar refractivity (Wildman–Crippen MR) is 73.0 cm³/mol. The van der Waals surface area contributed by atoms with Crippen LogP contribution in [0.1, 0.15) is 11.5 Å². The highest BCUT2D eigenvalue weighted by molar-refractivity contribution is 5.50. The fourth-order valence-electron chi connectivity index (χ4n) is 1.84. The molecule has 7 heteroatoms. The Morgan fingerprint density at radius 1 is 1.30 bits per heavy atom. The summed E-state index contributed by atoms with van der Waals surface area (Å²) < 4.78 is 5.17. The SMILES string of the molecule is Cc1ccccc1NCCc1nc(-c2ncn[nH]2)no1. The molecule has 2 N–H and O–H groups in total. The van der Waals surface area contributed by atoms with Gasteiger partial charge in [-0.2, -0.15) is 10.1 Å². The Balaban J connectivity index is 1.58. The zero-order valence-electron chi connectivity index (χ0n) is 11.0. The van der Waals surface area contributed by atoms with E-state index in [1.807, 2.05) is 18.2 Å². The molecule has 2 aromatic heterocycles. The monoisotopic (exact) mass is 270 g/mol. The molecule has 0 aliphatic carbocycles. The van der Waals surface area contributed by atoms with Crippen molar-refractivity contribution in [2.24, 2.45) is 0 Å². The van der Waals surface area contributed by atoms with Gasteiger partial charge in [-0.05, 0) is 18.6 Å². The van der Waals surface area contributed by atoms with Gasteiger partial charge in [0.25, 0.3) is 0 Å². The van der Waals surface area contributed by atoms with Gasteiger partial charge in [0.2, 0.25) is 11.7 Å². The fraction of sp³-hybridized carbons (Fsp3) is 0.231. The largest absolute Gasteiger partial charge is 0.384 e. The lowest BCUT2D eigenvalue weighted by Crippen LogP contribution is -2.06. The van der Waals surface area contributed by atoms with Crippen LogP contribution in [-0.4, -0.2) is 31.9 Å². The molecule has 0 saturated carbocycles. The van der Waals surface area contributed by atoms with Crippen molar-refractivity contribution in [2.45, 2.75) is 13.3 Å². The molecule has 2 heterocycles. The van der Waals surface area contributed by atoms with E-state index in [0.717, 1.165) is 12.2 Å². The molecule has 0 unspecified atom stereocenters. The Hall–Kier alpha value is -2.70. The number of benzene rings is 1. The normalized spacial score (nSPS) is 10.7. The summed E-state index contributed by atoms with van der Waals surface area (Å²) in [5, 5.41) is 13.6. The lowest BCUT2D eigenvalue weighted by Gasteiger charge is -2.07. The number of anilines is 1. The van der Waals surface area contributed by atoms with Crippen molar-refractivity contribution < 1.29 is 4.52 Å². The molecule has 0 bridgehead atoms. The van der Waals surface area contributed by atoms with Crippen molar-refractivity contribution in [3.63, 3.8) is 0 Å². The molecule has 0 aliphatic rings. The number of H-pyrrole nitrogens is 1. The molecule has 1 aromatic carbocycles. The highest BCUT2D eigenvalue weighted by Gasteiger charge is 2.10. The number of nitrogens with one attached hydrogen (secondary N) is 2. The Morgan fingerprint density at radius 2 is 2.20 bits per heavy atom. The van der Waals surface area contributed by atoms with E-state index in [0.29, 0.717) is 24.0 Å². The van der Waals surface area contributed by atoms with Crippen LogP contribution in [0.15, 0.2) is 35.1 Å². The maximum Gasteiger partial charge on any atom is 0.239 e. The van der Waals surface area contributed by atoms with Gasteiger partial charge in [0, 0.05) is 18.7 Å². The molecule has 0 atom stereocenters. The second kappa shape index (κ2) is 5.52. The van der Waals surface area contributed by atoms with Gasteiger partial charge >= 0.3 is 0 Å². The lowest BCUT2D eigenvalue weighted by atomic mass is 10.2. The Morgan fingerprint density at radius 3 is 3.00 bits per heavy atom. The maximum atomic E-state index is 5.17. The van der Waals surface area contributed by atoms with Gasteiger partial charge in [0.15, 0.2) is 5.82 Å². The minimum atomic E-state index is 0.424. The van der Waals surface area contributed by atoms with Gasteiger partial charge in [-0.1, -0.05) is 23.4 Å². The summed E-state index contributed by atoms with van der Waals surface area (Å²) in [6.45, 7) is 2.79. The first kappa shape index (κ1) is 12.3. The van der Waals surface area contributed by atoms with E-state index in [1.165, 1.54) is 11.9 Å². The number of rotatable bonds is 5. The quantitative estimate of drug-likeness (QED) is 0.734. The molecule has 3 rings (SSSR count). The minimum absolute atomic E-state index is 0.424. The first-order valence-electron chi connectivity index (χ1n) is 6.31. The number of aromatic nitrogens is 5. The first-order chi connectivity index (χ1) is 9.83. The molecule has 102 valence electrons. The second-order valence-corrected chi connectivity index (χ2v) is 4.34. The van der Waals surface area contributed by atoms with Crippen LogP contribution in [0.4, 0.5) is 5.69 Å². The first-order valence-corrected chi connectivity index (χ1v) is 6.31. The third-order valence-electron chi connectivity index (χ3n) is 2.89. The van der Waals surface area contributed by atoms with E-state index >= 15 is 0 Å². The highest BCUT2D eigenvalue weighted by atomic mass is 16.5. The lowest BCUT2D eigenvalue weighted by molar-refractivity contribution is 0.381. The smallest absolute Gasteiger partial charge is 0.239 e. The van der Waals surface area contributed by atoms with Crippen LogP contribution in [-0.2, 0) is 6.42 Å². The van der Waals surface area contributed by atoms with Crippen molar-refractivity contribution in [2.75, 3.05) is 11.9 Å². The molecule has 20 heavy (non-hydrogen) atoms. The van der Waals surface area contributed by atoms with Crippen molar-refractivity contribution in [3.8, 4) is 11.6 Å². The predicted octanol–water partition coefficient (Wildman–Crippen LogP) is 1.82. The summed E-state index contributed by atoms with van der Waals surface area (Å²) >= 11 is 0. The summed E-state index contributed by atoms with van der Waals surface area (Å²) in [5.74, 6) is 1.50. The minimum Gasteiger partial charge on any atom is -0.384 e. The summed E-state index contributed by atoms with van der Waals surface area (Å²) in [4.78, 5) is 8.23. The Kier molecular flexibility index (Phi) is 3.40. The zero-order chi connectivity index (χ0) is 13.8. The second-order valence-electron chi connectivity index (χ2n) is 4.34. The summed E-state index contributed by atoms with van der Waals surface area (Å²) in [6, 6.07) is 8.13.